The summed E-state index contributed by atoms with van der Waals surface area (Å²) in [4.78, 5) is 14.0. The Bertz CT molecular complexity index is 2310. The van der Waals surface area contributed by atoms with Gasteiger partial charge in [0.1, 0.15) is 177 Å². The molecule has 1 aromatic carbocycles. The molecule has 2 aromatic rings. The first-order chi connectivity index (χ1) is 44.9. The summed E-state index contributed by atoms with van der Waals surface area (Å²) in [7, 11) is 1.66. The zero-order chi connectivity index (χ0) is 68.3. The van der Waals surface area contributed by atoms with E-state index in [4.69, 9.17) is 71.1 Å². The van der Waals surface area contributed by atoms with Crippen LogP contribution in [-0.4, -0.2) is 393 Å². The summed E-state index contributed by atoms with van der Waals surface area (Å²) in [6.07, 6.45) is -67.5. The van der Waals surface area contributed by atoms with Crippen LogP contribution in [0.4, 0.5) is 0 Å². The monoisotopic (exact) mass is 1370 g/mol. The minimum atomic E-state index is -2.21. The maximum Gasteiger partial charge on any atom is 0.216 e. The summed E-state index contributed by atoms with van der Waals surface area (Å²) in [6.45, 7) is -5.15. The molecule has 1 aromatic heterocycles. The van der Waals surface area contributed by atoms with Crippen molar-refractivity contribution in [3.63, 3.8) is 0 Å². The molecule has 22 heterocycles. The molecule has 21 aliphatic rings. The smallest absolute Gasteiger partial charge is 0.216 e. The van der Waals surface area contributed by atoms with Crippen molar-refractivity contribution in [3.05, 3.63) is 30.0 Å². The molecule has 21 saturated heterocycles. The predicted octanol–water partition coefficient (Wildman–Crippen LogP) is -13.4. The van der Waals surface area contributed by atoms with Gasteiger partial charge in [0.25, 0.3) is 0 Å². The van der Waals surface area contributed by atoms with Gasteiger partial charge in [-0.15, -0.1) is 0 Å². The van der Waals surface area contributed by atoms with Crippen LogP contribution in [0.5, 0.6) is 5.75 Å². The molecule has 0 radical (unpaired) electrons. The minimum absolute atomic E-state index is 0.00224. The van der Waals surface area contributed by atoms with Crippen molar-refractivity contribution in [3.8, 4) is 5.75 Å². The Labute approximate surface area is 533 Å². The van der Waals surface area contributed by atoms with Gasteiger partial charge in [-0.1, -0.05) is 0 Å². The Hall–Kier alpha value is -3.37. The molecule has 14 bridgehead atoms. The van der Waals surface area contributed by atoms with E-state index in [1.807, 2.05) is 24.4 Å². The zero-order valence-electron chi connectivity index (χ0n) is 50.3. The van der Waals surface area contributed by atoms with Crippen molar-refractivity contribution in [1.29, 1.82) is 0 Å². The number of hydrogen-bond acceptors (Lipinski definition) is 37. The Morgan fingerprint density at radius 2 is 0.617 bits per heavy atom. The van der Waals surface area contributed by atoms with E-state index in [0.717, 1.165) is 23.1 Å². The van der Waals surface area contributed by atoms with Gasteiger partial charge in [-0.3, -0.25) is 4.79 Å². The van der Waals surface area contributed by atoms with Crippen LogP contribution in [0.15, 0.2) is 24.4 Å². The van der Waals surface area contributed by atoms with Crippen molar-refractivity contribution in [2.45, 2.75) is 228 Å². The summed E-state index contributed by atoms with van der Waals surface area (Å²) in [5.41, 5.74) is 2.27. The molecule has 0 unspecified atom stereocenters. The van der Waals surface area contributed by atoms with Gasteiger partial charge < -0.3 is 189 Å². The van der Waals surface area contributed by atoms with E-state index in [0.29, 0.717) is 6.54 Å². The maximum atomic E-state index is 11.3. The minimum Gasteiger partial charge on any atom is -0.497 e. The van der Waals surface area contributed by atoms with Gasteiger partial charge in [0.05, 0.1) is 53.4 Å². The zero-order valence-corrected chi connectivity index (χ0v) is 50.3. The number of benzene rings is 1. The highest BCUT2D eigenvalue weighted by molar-refractivity contribution is 5.84. The third-order valence-electron chi connectivity index (χ3n) is 17.5. The molecular weight excluding hydrogens is 1280 g/mol. The molecule has 0 spiro atoms. The number of aliphatic hydroxyl groups is 21. The highest BCUT2D eigenvalue weighted by atomic mass is 16.8. The number of aliphatic hydroxyl groups excluding tert-OH is 21. The van der Waals surface area contributed by atoms with E-state index in [9.17, 15) is 112 Å². The van der Waals surface area contributed by atoms with Gasteiger partial charge in [-0.25, -0.2) is 0 Å². The summed E-state index contributed by atoms with van der Waals surface area (Å²) in [5, 5.41) is 234. The SMILES string of the molecule is COc1ccc2[nH]cc(CCNC(C)=O)c2c1.OC[C@H]1O[C@@H]2O[C@H]3[C@H](O)[C@@H](O)[C@@H](O[C@H]4[C@H](O)[C@@H](O)[C@@H](O[C@H]5[C@H](O)[C@@H](O)[C@@H](O[C@H]6[C@H](O)[C@@H](O)[C@@H](O[C@H]7[C@H](O)[C@@H](O)[C@@H](O[C@H]8[C@H](O)[C@@H](O)[C@@H](O[C@H]1[C@H](O)[C@H]2O)O[C@@H]8CO)O[C@@H]7CO)O[C@@H]6CO)O[C@@H]5CO)O[C@@H]4CO)O[C@@H]3CO. The average molecular weight is 1370 g/mol. The summed E-state index contributed by atoms with van der Waals surface area (Å²) in [5.74, 6) is 0.847. The molecule has 538 valence electrons. The number of rotatable bonds is 11. The van der Waals surface area contributed by atoms with Crippen molar-refractivity contribution in [2.24, 2.45) is 0 Å². The van der Waals surface area contributed by atoms with Crippen LogP contribution in [0.1, 0.15) is 12.5 Å². The first-order valence-corrected chi connectivity index (χ1v) is 30.2. The van der Waals surface area contributed by atoms with E-state index < -0.39 is 261 Å². The van der Waals surface area contributed by atoms with E-state index in [1.54, 1.807) is 7.11 Å². The molecule has 94 heavy (non-hydrogen) atoms. The van der Waals surface area contributed by atoms with Crippen molar-refractivity contribution >= 4 is 16.8 Å². The van der Waals surface area contributed by atoms with Crippen molar-refractivity contribution in [2.75, 3.05) is 59.9 Å². The fourth-order valence-electron chi connectivity index (χ4n) is 12.3. The second-order valence-corrected chi connectivity index (χ2v) is 23.6. The summed E-state index contributed by atoms with van der Waals surface area (Å²) >= 11 is 0. The molecule has 23 rings (SSSR count). The number of nitrogens with one attached hydrogen (secondary N) is 2. The number of carbonyl (C=O) groups excluding carboxylic acids is 1. The van der Waals surface area contributed by atoms with Crippen LogP contribution in [0.25, 0.3) is 10.9 Å². The Balaban J connectivity index is 0.000000528. The first kappa shape index (κ1) is 74.8. The highest BCUT2D eigenvalue weighted by Crippen LogP contribution is 2.39. The fraction of sp³-hybridized carbons (Fsp3) is 0.836. The number of aromatic nitrogens is 1. The van der Waals surface area contributed by atoms with Gasteiger partial charge in [0.15, 0.2) is 44.0 Å². The second-order valence-electron chi connectivity index (χ2n) is 23.6. The molecule has 21 aliphatic heterocycles. The number of H-pyrrole nitrogens is 1. The van der Waals surface area contributed by atoms with Crippen LogP contribution in [0, 0.1) is 0 Å². The van der Waals surface area contributed by atoms with E-state index in [2.05, 4.69) is 10.3 Å². The quantitative estimate of drug-likeness (QED) is 0.0993. The Morgan fingerprint density at radius 3 is 0.819 bits per heavy atom. The summed E-state index contributed by atoms with van der Waals surface area (Å²) in [6, 6.07) is 5.93. The van der Waals surface area contributed by atoms with Crippen LogP contribution in [0.3, 0.4) is 0 Å². The largest absolute Gasteiger partial charge is 0.497 e. The highest BCUT2D eigenvalue weighted by Gasteiger charge is 2.59. The molecule has 23 N–H and O–H groups in total. The van der Waals surface area contributed by atoms with Crippen LogP contribution < -0.4 is 10.1 Å². The molecule has 21 fully saturated rings. The summed E-state index contributed by atoms with van der Waals surface area (Å²) < 4.78 is 84.7. The lowest BCUT2D eigenvalue weighted by molar-refractivity contribution is -0.396. The number of hydrogen-bond donors (Lipinski definition) is 23. The number of ether oxygens (including phenoxy) is 15. The molecule has 0 aliphatic carbocycles. The predicted molar refractivity (Wildman–Crippen MR) is 296 cm³/mol. The molecule has 39 nitrogen and oxygen atoms in total. The third kappa shape index (κ3) is 15.6. The van der Waals surface area contributed by atoms with Crippen LogP contribution in [0.2, 0.25) is 0 Å². The topological polar surface area (TPSA) is 608 Å². The van der Waals surface area contributed by atoms with Gasteiger partial charge in [-0.2, -0.15) is 0 Å². The number of amides is 1. The van der Waals surface area contributed by atoms with E-state index in [1.165, 1.54) is 12.5 Å². The van der Waals surface area contributed by atoms with E-state index in [-0.39, 0.29) is 5.91 Å². The molecular formula is C55H86N2O37. The van der Waals surface area contributed by atoms with Gasteiger partial charge in [0.2, 0.25) is 5.91 Å². The second kappa shape index (κ2) is 32.7. The van der Waals surface area contributed by atoms with Gasteiger partial charge in [0, 0.05) is 30.6 Å². The Kier molecular flexibility index (Phi) is 26.1. The van der Waals surface area contributed by atoms with Crippen molar-refractivity contribution < 1.29 is 183 Å². The average Bonchev–Trinajstić information content (AvgIpc) is 1.06. The first-order valence-electron chi connectivity index (χ1n) is 30.2. The molecule has 0 saturated carbocycles. The number of methoxy groups -OCH3 is 1. The van der Waals surface area contributed by atoms with Gasteiger partial charge >= 0.3 is 0 Å². The lowest BCUT2D eigenvalue weighted by Crippen LogP contribution is -2.68. The number of fused-ring (bicyclic) bond motifs is 1. The lowest BCUT2D eigenvalue weighted by atomic mass is 9.95. The maximum absolute atomic E-state index is 11.3. The third-order valence-corrected chi connectivity index (χ3v) is 17.5. The lowest BCUT2D eigenvalue weighted by Gasteiger charge is -2.50. The fourth-order valence-corrected chi connectivity index (χ4v) is 12.3. The molecule has 35 atom stereocenters. The van der Waals surface area contributed by atoms with Crippen LogP contribution in [-0.2, 0) is 77.5 Å². The van der Waals surface area contributed by atoms with E-state index >= 15 is 0 Å². The number of aromatic amines is 1. The Morgan fingerprint density at radius 1 is 0.383 bits per heavy atom. The standard InChI is InChI=1S/C42H70O35.C13H16N2O2/c43-1-8-29-15(50)22(57)36(64-8)72-30-9(2-44)66-38(24(59)17(30)52)74-32-11(4-46)68-40(26(61)19(32)54)76-34-13(6-48)70-42(28(63)21(34)56)77-35-14(7-49)69-41(27(62)20(35)55)75-33-12(5-47)67-39(25(60)18(33)53)73-31-10(3-45)65-37(71-29)23(58)16(31)51;1-9(16)14-6-5-10-8-15-13-4-3-11(17-2)7-12(10)13/h8-63H,1-7H2;3-4,7-8,15H,5-6H2,1-2H3,(H,14,16)/t8-,9-,10-,11-,12-,13-,14-,15-,16-,17-,18-,19-,20-,21-,22-,23-,24-,25-,26-,27-,28-,29-,30-,31-,32-,33-,34-,35-,36-,37-,38-,39-,40-,41-,42-;/m1./s1. The van der Waals surface area contributed by atoms with Gasteiger partial charge in [-0.05, 0) is 30.2 Å². The van der Waals surface area contributed by atoms with Crippen LogP contribution >= 0.6 is 0 Å². The van der Waals surface area contributed by atoms with Crippen molar-refractivity contribution in [1.82, 2.24) is 10.3 Å². The molecule has 1 amide bonds. The number of carbonyl (C=O) groups is 1. The normalized spacial score (nSPS) is 47.2. The molecule has 39 heteroatoms.